The Kier molecular flexibility index (Phi) is 5.73. The van der Waals surface area contributed by atoms with Crippen LogP contribution < -0.4 is 11.1 Å². The third kappa shape index (κ3) is 4.27. The van der Waals surface area contributed by atoms with Gasteiger partial charge in [0.1, 0.15) is 5.82 Å². The fourth-order valence-corrected chi connectivity index (χ4v) is 1.41. The molecule has 84 valence electrons. The van der Waals surface area contributed by atoms with Gasteiger partial charge >= 0.3 is 0 Å². The van der Waals surface area contributed by atoms with E-state index in [4.69, 9.17) is 5.73 Å². The largest absolute Gasteiger partial charge is 0.330 e. The summed E-state index contributed by atoms with van der Waals surface area (Å²) in [5, 5.41) is 3.35. The normalized spacial score (nSPS) is 10.5. The molecule has 1 aromatic rings. The first-order valence-electron chi connectivity index (χ1n) is 5.40. The second kappa shape index (κ2) is 7.20. The van der Waals surface area contributed by atoms with Crippen molar-refractivity contribution in [2.24, 2.45) is 5.73 Å². The molecule has 4 heteroatoms. The third-order valence-electron chi connectivity index (χ3n) is 2.22. The molecule has 4 nitrogen and oxygen atoms in total. The number of hydrogen-bond acceptors (Lipinski definition) is 3. The lowest BCUT2D eigenvalue weighted by Gasteiger charge is -2.06. The van der Waals surface area contributed by atoms with E-state index in [1.807, 2.05) is 18.5 Å². The summed E-state index contributed by atoms with van der Waals surface area (Å²) in [6, 6.07) is 0. The van der Waals surface area contributed by atoms with Gasteiger partial charge in [-0.1, -0.05) is 6.08 Å². The fraction of sp³-hybridized carbons (Fsp3) is 0.545. The van der Waals surface area contributed by atoms with Crippen molar-refractivity contribution in [2.75, 3.05) is 13.1 Å². The molecule has 0 fully saturated rings. The molecule has 0 aliphatic carbocycles. The van der Waals surface area contributed by atoms with Crippen molar-refractivity contribution in [1.82, 2.24) is 14.9 Å². The Bertz CT molecular complexity index is 280. The van der Waals surface area contributed by atoms with Crippen LogP contribution in [0.25, 0.3) is 0 Å². The van der Waals surface area contributed by atoms with Gasteiger partial charge in [0.05, 0.1) is 6.54 Å². The van der Waals surface area contributed by atoms with Crippen LogP contribution in [0, 0.1) is 0 Å². The summed E-state index contributed by atoms with van der Waals surface area (Å²) in [5.74, 6) is 1.06. The van der Waals surface area contributed by atoms with Gasteiger partial charge in [-0.2, -0.15) is 0 Å². The summed E-state index contributed by atoms with van der Waals surface area (Å²) in [6.45, 7) is 7.11. The second-order valence-electron chi connectivity index (χ2n) is 3.46. The molecule has 1 heterocycles. The van der Waals surface area contributed by atoms with Gasteiger partial charge in [0.2, 0.25) is 0 Å². The van der Waals surface area contributed by atoms with E-state index in [-0.39, 0.29) is 0 Å². The Morgan fingerprint density at radius 1 is 1.53 bits per heavy atom. The van der Waals surface area contributed by atoms with Crippen LogP contribution in [0.3, 0.4) is 0 Å². The number of nitrogens with one attached hydrogen (secondary N) is 1. The summed E-state index contributed by atoms with van der Waals surface area (Å²) in [4.78, 5) is 4.28. The molecule has 15 heavy (non-hydrogen) atoms. The standard InChI is InChI=1S/C11H20N4/c1-2-8-15-9-7-14-11(15)10-13-6-4-3-5-12/h2,7,9,13H,1,3-6,8,10,12H2. The maximum Gasteiger partial charge on any atom is 0.122 e. The molecule has 0 spiro atoms. The van der Waals surface area contributed by atoms with Gasteiger partial charge in [-0.25, -0.2) is 4.98 Å². The molecule has 0 saturated carbocycles. The van der Waals surface area contributed by atoms with Gasteiger partial charge in [0, 0.05) is 18.9 Å². The average molecular weight is 208 g/mol. The van der Waals surface area contributed by atoms with E-state index in [1.165, 1.54) is 0 Å². The fourth-order valence-electron chi connectivity index (χ4n) is 1.41. The Morgan fingerprint density at radius 2 is 2.40 bits per heavy atom. The average Bonchev–Trinajstić information content (AvgIpc) is 2.66. The third-order valence-corrected chi connectivity index (χ3v) is 2.22. The van der Waals surface area contributed by atoms with Crippen LogP contribution in [-0.4, -0.2) is 22.6 Å². The van der Waals surface area contributed by atoms with Crippen molar-refractivity contribution in [1.29, 1.82) is 0 Å². The first kappa shape index (κ1) is 11.9. The van der Waals surface area contributed by atoms with Crippen LogP contribution in [0.15, 0.2) is 25.0 Å². The molecule has 0 amide bonds. The number of imidazole rings is 1. The summed E-state index contributed by atoms with van der Waals surface area (Å²) >= 11 is 0. The first-order valence-corrected chi connectivity index (χ1v) is 5.40. The Balaban J connectivity index is 2.24. The van der Waals surface area contributed by atoms with E-state index in [0.717, 1.165) is 44.8 Å². The number of hydrogen-bond donors (Lipinski definition) is 2. The number of aromatic nitrogens is 2. The highest BCUT2D eigenvalue weighted by molar-refractivity contribution is 4.93. The number of unbranched alkanes of at least 4 members (excludes halogenated alkanes) is 1. The minimum atomic E-state index is 0.771. The minimum Gasteiger partial charge on any atom is -0.330 e. The first-order chi connectivity index (χ1) is 7.38. The highest BCUT2D eigenvalue weighted by Gasteiger charge is 1.99. The van der Waals surface area contributed by atoms with Crippen molar-refractivity contribution in [2.45, 2.75) is 25.9 Å². The van der Waals surface area contributed by atoms with Gasteiger partial charge < -0.3 is 15.6 Å². The summed E-state index contributed by atoms with van der Waals surface area (Å²) < 4.78 is 2.09. The van der Waals surface area contributed by atoms with Crippen LogP contribution in [-0.2, 0) is 13.1 Å². The predicted molar refractivity (Wildman–Crippen MR) is 62.4 cm³/mol. The van der Waals surface area contributed by atoms with E-state index >= 15 is 0 Å². The molecule has 1 aromatic heterocycles. The Labute approximate surface area is 91.2 Å². The molecule has 0 bridgehead atoms. The zero-order chi connectivity index (χ0) is 10.9. The zero-order valence-electron chi connectivity index (χ0n) is 9.15. The van der Waals surface area contributed by atoms with Gasteiger partial charge in [-0.3, -0.25) is 0 Å². The molecule has 0 aliphatic rings. The van der Waals surface area contributed by atoms with Crippen molar-refractivity contribution >= 4 is 0 Å². The van der Waals surface area contributed by atoms with Crippen LogP contribution in [0.2, 0.25) is 0 Å². The molecule has 3 N–H and O–H groups in total. The SMILES string of the molecule is C=CCn1ccnc1CNCCCCN. The topological polar surface area (TPSA) is 55.9 Å². The number of rotatable bonds is 8. The Hall–Kier alpha value is -1.13. The smallest absolute Gasteiger partial charge is 0.122 e. The van der Waals surface area contributed by atoms with Crippen molar-refractivity contribution in [3.63, 3.8) is 0 Å². The summed E-state index contributed by atoms with van der Waals surface area (Å²) in [7, 11) is 0. The molecular formula is C11H20N4. The lowest BCUT2D eigenvalue weighted by molar-refractivity contribution is 0.593. The molecular weight excluding hydrogens is 188 g/mol. The van der Waals surface area contributed by atoms with Gasteiger partial charge in [0.25, 0.3) is 0 Å². The minimum absolute atomic E-state index is 0.771. The zero-order valence-corrected chi connectivity index (χ0v) is 9.15. The van der Waals surface area contributed by atoms with E-state index < -0.39 is 0 Å². The maximum atomic E-state index is 5.41. The van der Waals surface area contributed by atoms with E-state index in [1.54, 1.807) is 0 Å². The van der Waals surface area contributed by atoms with Gasteiger partial charge in [0.15, 0.2) is 0 Å². The molecule has 0 aromatic carbocycles. The van der Waals surface area contributed by atoms with Crippen LogP contribution in [0.5, 0.6) is 0 Å². The van der Waals surface area contributed by atoms with Crippen LogP contribution in [0.4, 0.5) is 0 Å². The van der Waals surface area contributed by atoms with Crippen molar-refractivity contribution in [3.8, 4) is 0 Å². The molecule has 0 unspecified atom stereocenters. The lowest BCUT2D eigenvalue weighted by Crippen LogP contribution is -2.18. The van der Waals surface area contributed by atoms with E-state index in [0.29, 0.717) is 0 Å². The van der Waals surface area contributed by atoms with Crippen LogP contribution in [0.1, 0.15) is 18.7 Å². The predicted octanol–water partition coefficient (Wildman–Crippen LogP) is 0.898. The second-order valence-corrected chi connectivity index (χ2v) is 3.46. The van der Waals surface area contributed by atoms with Crippen LogP contribution >= 0.6 is 0 Å². The summed E-state index contributed by atoms with van der Waals surface area (Å²) in [5.41, 5.74) is 5.41. The summed E-state index contributed by atoms with van der Waals surface area (Å²) in [6.07, 6.45) is 7.87. The molecule has 0 atom stereocenters. The Morgan fingerprint density at radius 3 is 3.13 bits per heavy atom. The lowest BCUT2D eigenvalue weighted by atomic mass is 10.3. The highest BCUT2D eigenvalue weighted by Crippen LogP contribution is 1.97. The van der Waals surface area contributed by atoms with Gasteiger partial charge in [-0.05, 0) is 25.9 Å². The van der Waals surface area contributed by atoms with Gasteiger partial charge in [-0.15, -0.1) is 6.58 Å². The molecule has 0 aliphatic heterocycles. The van der Waals surface area contributed by atoms with Crippen molar-refractivity contribution in [3.05, 3.63) is 30.9 Å². The molecule has 0 saturated heterocycles. The number of nitrogens with two attached hydrogens (primary N) is 1. The highest BCUT2D eigenvalue weighted by atomic mass is 15.1. The maximum absolute atomic E-state index is 5.41. The quantitative estimate of drug-likeness (QED) is 0.493. The molecule has 0 radical (unpaired) electrons. The number of allylic oxidation sites excluding steroid dienone is 1. The number of nitrogens with zero attached hydrogens (tertiary/aromatic N) is 2. The monoisotopic (exact) mass is 208 g/mol. The van der Waals surface area contributed by atoms with Crippen molar-refractivity contribution < 1.29 is 0 Å². The van der Waals surface area contributed by atoms with E-state index in [9.17, 15) is 0 Å². The van der Waals surface area contributed by atoms with E-state index in [2.05, 4.69) is 21.4 Å². The molecule has 1 rings (SSSR count).